The van der Waals surface area contributed by atoms with Gasteiger partial charge in [0.15, 0.2) is 0 Å². The monoisotopic (exact) mass is 253 g/mol. The van der Waals surface area contributed by atoms with E-state index >= 15 is 0 Å². The second-order valence-corrected chi connectivity index (χ2v) is 6.43. The summed E-state index contributed by atoms with van der Waals surface area (Å²) in [4.78, 5) is 10.7. The van der Waals surface area contributed by atoms with E-state index < -0.39 is 10.8 Å². The van der Waals surface area contributed by atoms with Crippen LogP contribution in [-0.4, -0.2) is 49.2 Å². The highest BCUT2D eigenvalue weighted by Crippen LogP contribution is 2.16. The van der Waals surface area contributed by atoms with Gasteiger partial charge < -0.3 is 0 Å². The topological polar surface area (TPSA) is 46.1 Å². The van der Waals surface area contributed by atoms with Crippen LogP contribution >= 0.6 is 0 Å². The van der Waals surface area contributed by atoms with E-state index in [0.29, 0.717) is 6.04 Å². The fourth-order valence-corrected chi connectivity index (χ4v) is 3.54. The number of hydrogen-bond acceptors (Lipinski definition) is 4. The van der Waals surface area contributed by atoms with Crippen molar-refractivity contribution in [1.82, 2.24) is 14.9 Å². The smallest absolute Gasteiger partial charge is 0.0599 e. The average molecular weight is 253 g/mol. The molecule has 94 valence electrons. The molecule has 0 aromatic carbocycles. The third-order valence-corrected chi connectivity index (χ3v) is 5.33. The highest BCUT2D eigenvalue weighted by atomic mass is 32.2. The van der Waals surface area contributed by atoms with Crippen molar-refractivity contribution in [2.45, 2.75) is 31.6 Å². The van der Waals surface area contributed by atoms with Gasteiger partial charge in [-0.15, -0.1) is 0 Å². The molecule has 17 heavy (non-hydrogen) atoms. The second kappa shape index (κ2) is 5.69. The minimum Gasteiger partial charge on any atom is -0.298 e. The Bertz CT molecular complexity index is 385. The predicted molar refractivity (Wildman–Crippen MR) is 69.2 cm³/mol. The molecule has 4 nitrogen and oxygen atoms in total. The summed E-state index contributed by atoms with van der Waals surface area (Å²) in [6.07, 6.45) is 6.15. The van der Waals surface area contributed by atoms with Gasteiger partial charge in [-0.2, -0.15) is 0 Å². The first-order chi connectivity index (χ1) is 8.18. The summed E-state index contributed by atoms with van der Waals surface area (Å²) in [6, 6.07) is 0.390. The van der Waals surface area contributed by atoms with Crippen LogP contribution in [0.5, 0.6) is 0 Å². The van der Waals surface area contributed by atoms with Crippen molar-refractivity contribution in [1.29, 1.82) is 0 Å². The Labute approximate surface area is 105 Å². The summed E-state index contributed by atoms with van der Waals surface area (Å²) in [6.45, 7) is 6.15. The zero-order valence-corrected chi connectivity index (χ0v) is 11.2. The van der Waals surface area contributed by atoms with Gasteiger partial charge in [0.25, 0.3) is 0 Å². The Morgan fingerprint density at radius 1 is 1.47 bits per heavy atom. The van der Waals surface area contributed by atoms with Gasteiger partial charge in [0.2, 0.25) is 0 Å². The number of aromatic nitrogens is 2. The Balaban J connectivity index is 1.89. The summed E-state index contributed by atoms with van der Waals surface area (Å²) < 4.78 is 11.7. The molecule has 2 rings (SSSR count). The highest BCUT2D eigenvalue weighted by molar-refractivity contribution is 7.85. The summed E-state index contributed by atoms with van der Waals surface area (Å²) in [5.74, 6) is 0.798. The first-order valence-corrected chi connectivity index (χ1v) is 7.43. The number of rotatable bonds is 3. The summed E-state index contributed by atoms with van der Waals surface area (Å²) in [5.41, 5.74) is 1.03. The van der Waals surface area contributed by atoms with Crippen LogP contribution in [0.1, 0.15) is 19.5 Å². The molecule has 3 atom stereocenters. The summed E-state index contributed by atoms with van der Waals surface area (Å²) in [7, 11) is -0.653. The predicted octanol–water partition coefficient (Wildman–Crippen LogP) is 0.860. The van der Waals surface area contributed by atoms with Crippen LogP contribution in [-0.2, 0) is 17.2 Å². The summed E-state index contributed by atoms with van der Waals surface area (Å²) in [5, 5.41) is 0.269. The van der Waals surface area contributed by atoms with Gasteiger partial charge in [-0.1, -0.05) is 0 Å². The van der Waals surface area contributed by atoms with Crippen LogP contribution in [0.4, 0.5) is 0 Å². The van der Waals surface area contributed by atoms with Crippen molar-refractivity contribution in [3.8, 4) is 0 Å². The van der Waals surface area contributed by atoms with Gasteiger partial charge in [-0.05, 0) is 13.8 Å². The molecule has 1 aromatic rings. The van der Waals surface area contributed by atoms with Crippen LogP contribution in [0.2, 0.25) is 0 Å². The molecule has 0 N–H and O–H groups in total. The van der Waals surface area contributed by atoms with Gasteiger partial charge in [-0.25, -0.2) is 0 Å². The minimum atomic E-state index is -0.653. The minimum absolute atomic E-state index is 0.269. The molecular formula is C12H19N3OS. The standard InChI is InChI=1S/C12H19N3OS/c1-10-11(2)17(16)8-7-15(10)6-3-12-9-13-4-5-14-12/h4-5,9-11H,3,6-8H2,1-2H3. The first-order valence-electron chi connectivity index (χ1n) is 6.04. The van der Waals surface area contributed by atoms with E-state index in [9.17, 15) is 4.21 Å². The Hall–Kier alpha value is -0.810. The van der Waals surface area contributed by atoms with E-state index in [1.807, 2.05) is 6.20 Å². The zero-order valence-electron chi connectivity index (χ0n) is 10.4. The van der Waals surface area contributed by atoms with E-state index in [4.69, 9.17) is 0 Å². The van der Waals surface area contributed by atoms with Crippen molar-refractivity contribution in [2.24, 2.45) is 0 Å². The normalized spacial score (nSPS) is 30.4. The maximum absolute atomic E-state index is 11.7. The Morgan fingerprint density at radius 2 is 2.29 bits per heavy atom. The molecule has 1 aromatic heterocycles. The van der Waals surface area contributed by atoms with Crippen LogP contribution < -0.4 is 0 Å². The zero-order chi connectivity index (χ0) is 12.3. The van der Waals surface area contributed by atoms with Crippen molar-refractivity contribution >= 4 is 10.8 Å². The summed E-state index contributed by atoms with van der Waals surface area (Å²) >= 11 is 0. The third-order valence-electron chi connectivity index (χ3n) is 3.52. The molecule has 2 heterocycles. The SMILES string of the molecule is CC1C(C)S(=O)CCN1CCc1cnccn1. The molecule has 1 aliphatic rings. The van der Waals surface area contributed by atoms with Crippen molar-refractivity contribution in [2.75, 3.05) is 18.8 Å². The van der Waals surface area contributed by atoms with Crippen molar-refractivity contribution in [3.63, 3.8) is 0 Å². The van der Waals surface area contributed by atoms with Crippen LogP contribution in [0, 0.1) is 0 Å². The van der Waals surface area contributed by atoms with E-state index in [1.54, 1.807) is 12.4 Å². The molecular weight excluding hydrogens is 234 g/mol. The van der Waals surface area contributed by atoms with E-state index in [1.165, 1.54) is 0 Å². The lowest BCUT2D eigenvalue weighted by molar-refractivity contribution is 0.211. The molecule has 0 radical (unpaired) electrons. The van der Waals surface area contributed by atoms with Gasteiger partial charge in [0, 0.05) is 65.9 Å². The fourth-order valence-electron chi connectivity index (χ4n) is 2.15. The molecule has 0 spiro atoms. The lowest BCUT2D eigenvalue weighted by Gasteiger charge is -2.37. The van der Waals surface area contributed by atoms with Crippen molar-refractivity contribution < 1.29 is 4.21 Å². The molecule has 1 aliphatic heterocycles. The maximum Gasteiger partial charge on any atom is 0.0599 e. The van der Waals surface area contributed by atoms with Gasteiger partial charge >= 0.3 is 0 Å². The lowest BCUT2D eigenvalue weighted by atomic mass is 10.2. The maximum atomic E-state index is 11.7. The van der Waals surface area contributed by atoms with Crippen LogP contribution in [0.15, 0.2) is 18.6 Å². The molecule has 0 bridgehead atoms. The quantitative estimate of drug-likeness (QED) is 0.801. The van der Waals surface area contributed by atoms with E-state index in [-0.39, 0.29) is 5.25 Å². The van der Waals surface area contributed by atoms with E-state index in [0.717, 1.165) is 31.0 Å². The number of nitrogens with zero attached hydrogens (tertiary/aromatic N) is 3. The molecule has 5 heteroatoms. The Kier molecular flexibility index (Phi) is 4.23. The first kappa shape index (κ1) is 12.6. The van der Waals surface area contributed by atoms with Crippen LogP contribution in [0.25, 0.3) is 0 Å². The molecule has 3 unspecified atom stereocenters. The lowest BCUT2D eigenvalue weighted by Crippen LogP contribution is -2.50. The largest absolute Gasteiger partial charge is 0.298 e. The molecule has 0 saturated carbocycles. The van der Waals surface area contributed by atoms with Gasteiger partial charge in [0.05, 0.1) is 5.69 Å². The molecule has 0 aliphatic carbocycles. The van der Waals surface area contributed by atoms with Crippen LogP contribution in [0.3, 0.4) is 0 Å². The third kappa shape index (κ3) is 3.10. The molecule has 1 saturated heterocycles. The molecule has 1 fully saturated rings. The van der Waals surface area contributed by atoms with E-state index in [2.05, 4.69) is 28.7 Å². The second-order valence-electron chi connectivity index (χ2n) is 4.51. The van der Waals surface area contributed by atoms with Gasteiger partial charge in [0.1, 0.15) is 0 Å². The number of hydrogen-bond donors (Lipinski definition) is 0. The fraction of sp³-hybridized carbons (Fsp3) is 0.667. The highest BCUT2D eigenvalue weighted by Gasteiger charge is 2.29. The molecule has 0 amide bonds. The van der Waals surface area contributed by atoms with Gasteiger partial charge in [-0.3, -0.25) is 19.1 Å². The van der Waals surface area contributed by atoms with Crippen molar-refractivity contribution in [3.05, 3.63) is 24.3 Å². The average Bonchev–Trinajstić information content (AvgIpc) is 2.36. The Morgan fingerprint density at radius 3 is 3.00 bits per heavy atom.